The molecule has 11 aromatic rings. The molecule has 1 aliphatic carbocycles. The maximum absolute atomic E-state index is 2.49. The number of para-hydroxylation sites is 3. The summed E-state index contributed by atoms with van der Waals surface area (Å²) in [6.07, 6.45) is 1.92. The maximum Gasteiger partial charge on any atom is 0.0542 e. The lowest BCUT2D eigenvalue weighted by Gasteiger charge is -2.26. The van der Waals surface area contributed by atoms with Crippen LogP contribution < -0.4 is 4.90 Å². The molecule has 66 heavy (non-hydrogen) atoms. The van der Waals surface area contributed by atoms with Crippen molar-refractivity contribution in [1.29, 1.82) is 0 Å². The Balaban J connectivity index is 0.842. The molecule has 0 saturated carbocycles. The van der Waals surface area contributed by atoms with Gasteiger partial charge in [0, 0.05) is 45.4 Å². The van der Waals surface area contributed by atoms with E-state index in [1.807, 2.05) is 0 Å². The van der Waals surface area contributed by atoms with Gasteiger partial charge in [0.2, 0.25) is 0 Å². The van der Waals surface area contributed by atoms with Crippen molar-refractivity contribution in [3.8, 4) is 27.9 Å². The van der Waals surface area contributed by atoms with E-state index in [0.717, 1.165) is 35.6 Å². The van der Waals surface area contributed by atoms with Crippen molar-refractivity contribution >= 4 is 38.9 Å². The Morgan fingerprint density at radius 2 is 0.955 bits per heavy atom. The molecule has 0 amide bonds. The molecule has 2 nitrogen and oxygen atoms in total. The fraction of sp³-hybridized carbons (Fsp3) is 0.0625. The molecule has 0 aliphatic heterocycles. The molecule has 314 valence electrons. The molecule has 1 heterocycles. The van der Waals surface area contributed by atoms with Crippen LogP contribution in [-0.2, 0) is 12.8 Å². The lowest BCUT2D eigenvalue weighted by Crippen LogP contribution is -2.09. The molecule has 0 bridgehead atoms. The summed E-state index contributed by atoms with van der Waals surface area (Å²) in [6.45, 7) is 0. The predicted octanol–water partition coefficient (Wildman–Crippen LogP) is 16.7. The van der Waals surface area contributed by atoms with Gasteiger partial charge >= 0.3 is 0 Å². The van der Waals surface area contributed by atoms with Crippen molar-refractivity contribution in [2.45, 2.75) is 24.7 Å². The van der Waals surface area contributed by atoms with E-state index in [9.17, 15) is 0 Å². The lowest BCUT2D eigenvalue weighted by molar-refractivity contribution is 0.800. The minimum atomic E-state index is 0.222. The van der Waals surface area contributed by atoms with Crippen LogP contribution in [0.25, 0.3) is 49.7 Å². The first-order valence-corrected chi connectivity index (χ1v) is 23.2. The number of aromatic nitrogens is 1. The number of rotatable bonds is 11. The summed E-state index contributed by atoms with van der Waals surface area (Å²) in [6, 6.07) is 93.6. The molecule has 0 fully saturated rings. The van der Waals surface area contributed by atoms with E-state index in [0.29, 0.717) is 5.92 Å². The van der Waals surface area contributed by atoms with E-state index in [4.69, 9.17) is 0 Å². The number of hydrogen-bond acceptors (Lipinski definition) is 1. The molecule has 1 aromatic heterocycles. The Bertz CT molecular complexity index is 3450. The number of anilines is 3. The summed E-state index contributed by atoms with van der Waals surface area (Å²) >= 11 is 0. The highest BCUT2D eigenvalue weighted by atomic mass is 15.1. The largest absolute Gasteiger partial charge is 0.310 e. The molecule has 2 heteroatoms. The Hall–Kier alpha value is -8.20. The lowest BCUT2D eigenvalue weighted by atomic mass is 9.83. The molecular formula is C64H48N2. The summed E-state index contributed by atoms with van der Waals surface area (Å²) in [5.41, 5.74) is 20.3. The van der Waals surface area contributed by atoms with Gasteiger partial charge in [-0.1, -0.05) is 194 Å². The van der Waals surface area contributed by atoms with Gasteiger partial charge in [0.25, 0.3) is 0 Å². The number of benzene rings is 10. The van der Waals surface area contributed by atoms with Gasteiger partial charge in [-0.05, 0) is 129 Å². The van der Waals surface area contributed by atoms with E-state index < -0.39 is 0 Å². The summed E-state index contributed by atoms with van der Waals surface area (Å²) in [7, 11) is 0. The average molecular weight is 845 g/mol. The first-order valence-electron chi connectivity index (χ1n) is 23.2. The third-order valence-electron chi connectivity index (χ3n) is 13.8. The quantitative estimate of drug-likeness (QED) is 0.126. The van der Waals surface area contributed by atoms with Crippen molar-refractivity contribution < 1.29 is 0 Å². The molecule has 0 radical (unpaired) electrons. The molecule has 12 rings (SSSR count). The minimum absolute atomic E-state index is 0.222. The predicted molar refractivity (Wildman–Crippen MR) is 277 cm³/mol. The van der Waals surface area contributed by atoms with E-state index >= 15 is 0 Å². The van der Waals surface area contributed by atoms with E-state index in [-0.39, 0.29) is 5.92 Å². The molecule has 10 aromatic carbocycles. The molecule has 0 N–H and O–H groups in total. The van der Waals surface area contributed by atoms with Crippen LogP contribution in [0.2, 0.25) is 0 Å². The molecule has 1 aliphatic rings. The van der Waals surface area contributed by atoms with Crippen molar-refractivity contribution in [3.05, 3.63) is 288 Å². The molecule has 2 atom stereocenters. The van der Waals surface area contributed by atoms with Crippen LogP contribution in [0.5, 0.6) is 0 Å². The highest BCUT2D eigenvalue weighted by molar-refractivity contribution is 6.10. The van der Waals surface area contributed by atoms with Crippen LogP contribution in [0.4, 0.5) is 17.1 Å². The van der Waals surface area contributed by atoms with Crippen molar-refractivity contribution in [1.82, 2.24) is 4.57 Å². The Morgan fingerprint density at radius 1 is 0.379 bits per heavy atom. The van der Waals surface area contributed by atoms with E-state index in [2.05, 4.69) is 264 Å². The average Bonchev–Trinajstić information content (AvgIpc) is 3.89. The summed E-state index contributed by atoms with van der Waals surface area (Å²) < 4.78 is 2.37. The first-order chi connectivity index (χ1) is 32.7. The zero-order valence-corrected chi connectivity index (χ0v) is 36.7. The minimum Gasteiger partial charge on any atom is -0.310 e. The second-order valence-electron chi connectivity index (χ2n) is 17.6. The summed E-state index contributed by atoms with van der Waals surface area (Å²) in [5.74, 6) is 0.578. The Morgan fingerprint density at radius 3 is 1.71 bits per heavy atom. The third-order valence-corrected chi connectivity index (χ3v) is 13.8. The second kappa shape index (κ2) is 17.1. The maximum atomic E-state index is 2.49. The summed E-state index contributed by atoms with van der Waals surface area (Å²) in [5, 5.41) is 2.47. The van der Waals surface area contributed by atoms with Gasteiger partial charge in [0.05, 0.1) is 11.0 Å². The highest BCUT2D eigenvalue weighted by Gasteiger charge is 2.30. The zero-order valence-electron chi connectivity index (χ0n) is 36.7. The SMILES string of the molecule is c1ccc(CC2c3ccccc3-c3cc(C(Cc4ccc(-c5ccc(N(c6ccccc6)c6ccc7c(c6)c6ccccc6n7-c6ccccc6)cc5)cc4)c4ccccc4)ccc32)cc1. The van der Waals surface area contributed by atoms with E-state index in [1.165, 1.54) is 77.4 Å². The van der Waals surface area contributed by atoms with Crippen molar-refractivity contribution in [3.63, 3.8) is 0 Å². The van der Waals surface area contributed by atoms with Gasteiger partial charge in [0.15, 0.2) is 0 Å². The molecule has 2 unspecified atom stereocenters. The Kier molecular flexibility index (Phi) is 10.2. The standard InChI is InChI=1S/C64H48N2/c1-5-17-45(18-6-1)42-60-55-25-13-14-26-56(55)61-43-50(35-39-57(60)61)59(49-19-7-2-8-20-49)41-46-29-31-47(32-30-46)48-33-36-53(37-34-48)65(51-21-9-3-10-22-51)54-38-40-64-62(44-54)58-27-15-16-28-63(58)66(64)52-23-11-4-12-24-52/h1-40,43-44,59-60H,41-42H2. The first kappa shape index (κ1) is 39.4. The third kappa shape index (κ3) is 7.27. The Labute approximate surface area is 387 Å². The highest BCUT2D eigenvalue weighted by Crippen LogP contribution is 2.48. The normalized spacial score (nSPS) is 13.4. The van der Waals surface area contributed by atoms with Crippen LogP contribution >= 0.6 is 0 Å². The van der Waals surface area contributed by atoms with Gasteiger partial charge in [-0.3, -0.25) is 0 Å². The van der Waals surface area contributed by atoms with Crippen LogP contribution in [0.15, 0.2) is 255 Å². The number of nitrogens with zero attached hydrogens (tertiary/aromatic N) is 2. The zero-order chi connectivity index (χ0) is 43.8. The van der Waals surface area contributed by atoms with Gasteiger partial charge in [-0.2, -0.15) is 0 Å². The van der Waals surface area contributed by atoms with Crippen LogP contribution in [0, 0.1) is 0 Å². The van der Waals surface area contributed by atoms with Crippen LogP contribution in [0.3, 0.4) is 0 Å². The monoisotopic (exact) mass is 844 g/mol. The topological polar surface area (TPSA) is 8.17 Å². The molecule has 0 saturated heterocycles. The van der Waals surface area contributed by atoms with Crippen molar-refractivity contribution in [2.24, 2.45) is 0 Å². The van der Waals surface area contributed by atoms with Crippen LogP contribution in [-0.4, -0.2) is 4.57 Å². The van der Waals surface area contributed by atoms with Crippen molar-refractivity contribution in [2.75, 3.05) is 4.90 Å². The van der Waals surface area contributed by atoms with Gasteiger partial charge in [-0.15, -0.1) is 0 Å². The smallest absolute Gasteiger partial charge is 0.0542 e. The van der Waals surface area contributed by atoms with Gasteiger partial charge in [0.1, 0.15) is 0 Å². The number of hydrogen-bond donors (Lipinski definition) is 0. The second-order valence-corrected chi connectivity index (χ2v) is 17.6. The fourth-order valence-electron chi connectivity index (χ4n) is 10.6. The summed E-state index contributed by atoms with van der Waals surface area (Å²) in [4.78, 5) is 2.37. The number of fused-ring (bicyclic) bond motifs is 6. The van der Waals surface area contributed by atoms with E-state index in [1.54, 1.807) is 0 Å². The van der Waals surface area contributed by atoms with Gasteiger partial charge in [-0.25, -0.2) is 0 Å². The molecular weight excluding hydrogens is 797 g/mol. The van der Waals surface area contributed by atoms with Crippen LogP contribution in [0.1, 0.15) is 45.2 Å². The fourth-order valence-corrected chi connectivity index (χ4v) is 10.6. The molecule has 0 spiro atoms. The van der Waals surface area contributed by atoms with Gasteiger partial charge < -0.3 is 9.47 Å².